The summed E-state index contributed by atoms with van der Waals surface area (Å²) in [6.07, 6.45) is 2.54. The Morgan fingerprint density at radius 2 is 1.75 bits per heavy atom. The van der Waals surface area contributed by atoms with E-state index in [9.17, 15) is 19.7 Å². The summed E-state index contributed by atoms with van der Waals surface area (Å²) < 4.78 is 0. The highest BCUT2D eigenvalue weighted by molar-refractivity contribution is 6.49. The number of nitrogens with two attached hydrogens (primary N) is 1. The fourth-order valence-corrected chi connectivity index (χ4v) is 2.34. The predicted molar refractivity (Wildman–Crippen MR) is 84.7 cm³/mol. The number of anilines is 2. The second kappa shape index (κ2) is 5.70. The smallest absolute Gasteiger partial charge is 0.271 e. The molecule has 1 heterocycles. The van der Waals surface area contributed by atoms with Gasteiger partial charge in [0.15, 0.2) is 0 Å². The van der Waals surface area contributed by atoms with Crippen molar-refractivity contribution in [3.63, 3.8) is 0 Å². The van der Waals surface area contributed by atoms with E-state index >= 15 is 0 Å². The molecule has 0 radical (unpaired) electrons. The van der Waals surface area contributed by atoms with E-state index in [1.807, 2.05) is 0 Å². The van der Waals surface area contributed by atoms with Crippen LogP contribution in [-0.2, 0) is 0 Å². The molecule has 0 atom stereocenters. The third-order valence-corrected chi connectivity index (χ3v) is 3.64. The summed E-state index contributed by atoms with van der Waals surface area (Å²) in [5.74, 6) is -1.33. The molecule has 0 fully saturated rings. The molecule has 0 saturated heterocycles. The lowest BCUT2D eigenvalue weighted by Gasteiger charge is -2.18. The minimum absolute atomic E-state index is 0.0749. The van der Waals surface area contributed by atoms with Gasteiger partial charge in [0.25, 0.3) is 5.69 Å². The van der Waals surface area contributed by atoms with E-state index in [4.69, 9.17) is 17.3 Å². The fraction of sp³-hybridized carbons (Fsp3) is 0. The Morgan fingerprint density at radius 1 is 1.12 bits per heavy atom. The highest BCUT2D eigenvalue weighted by Crippen LogP contribution is 2.31. The highest BCUT2D eigenvalue weighted by Gasteiger charge is 2.34. The number of hydrogen-bond acceptors (Lipinski definition) is 8. The average molecular weight is 346 g/mol. The zero-order chi connectivity index (χ0) is 17.4. The Kier molecular flexibility index (Phi) is 3.70. The topological polar surface area (TPSA) is 141 Å². The molecule has 0 spiro atoms. The fourth-order valence-electron chi connectivity index (χ4n) is 2.12. The maximum absolute atomic E-state index is 12.5. The Bertz CT molecular complexity index is 941. The number of Topliss-reactive ketones (excluding diaryl/α,β-unsaturated/α-hetero) is 2. The number of halogens is 1. The lowest BCUT2D eigenvalue weighted by atomic mass is 10.0. The van der Waals surface area contributed by atoms with Crippen LogP contribution in [0.5, 0.6) is 0 Å². The van der Waals surface area contributed by atoms with Gasteiger partial charge in [0, 0.05) is 24.5 Å². The van der Waals surface area contributed by atoms with Gasteiger partial charge in [-0.25, -0.2) is 9.97 Å². The molecule has 1 aliphatic carbocycles. The number of carbonyl (C=O) groups excluding carboxylic acids is 2. The SMILES string of the molecule is Nc1ccc([N+](=O)[O-])cc1NC1=C(Cl)C(=O)c2nccnc2C1=O. The van der Waals surface area contributed by atoms with Crippen molar-refractivity contribution >= 4 is 40.2 Å². The van der Waals surface area contributed by atoms with Crippen molar-refractivity contribution < 1.29 is 14.5 Å². The van der Waals surface area contributed by atoms with Crippen molar-refractivity contribution in [2.24, 2.45) is 0 Å². The number of non-ortho nitro benzene ring substituents is 1. The van der Waals surface area contributed by atoms with Gasteiger partial charge in [0.05, 0.1) is 16.3 Å². The van der Waals surface area contributed by atoms with E-state index in [-0.39, 0.29) is 39.2 Å². The number of nitrogens with one attached hydrogen (secondary N) is 1. The van der Waals surface area contributed by atoms with Gasteiger partial charge >= 0.3 is 0 Å². The van der Waals surface area contributed by atoms with Crippen LogP contribution in [0.1, 0.15) is 21.0 Å². The summed E-state index contributed by atoms with van der Waals surface area (Å²) in [5.41, 5.74) is 5.17. The number of aromatic nitrogens is 2. The lowest BCUT2D eigenvalue weighted by molar-refractivity contribution is -0.384. The number of nitro benzene ring substituents is 1. The molecule has 0 saturated carbocycles. The molecule has 1 aliphatic rings. The monoisotopic (exact) mass is 345 g/mol. The minimum Gasteiger partial charge on any atom is -0.397 e. The second-order valence-corrected chi connectivity index (χ2v) is 5.13. The predicted octanol–water partition coefficient (Wildman–Crippen LogP) is 1.91. The number of nitro groups is 1. The van der Waals surface area contributed by atoms with E-state index in [0.29, 0.717) is 0 Å². The van der Waals surface area contributed by atoms with Crippen LogP contribution in [0.4, 0.5) is 17.1 Å². The van der Waals surface area contributed by atoms with Gasteiger partial charge in [0.1, 0.15) is 22.1 Å². The Morgan fingerprint density at radius 3 is 2.38 bits per heavy atom. The van der Waals surface area contributed by atoms with Crippen molar-refractivity contribution in [1.82, 2.24) is 9.97 Å². The number of rotatable bonds is 3. The van der Waals surface area contributed by atoms with Crippen LogP contribution in [0.2, 0.25) is 0 Å². The number of nitrogens with zero attached hydrogens (tertiary/aromatic N) is 3. The van der Waals surface area contributed by atoms with E-state index < -0.39 is 16.5 Å². The molecule has 0 unspecified atom stereocenters. The molecule has 3 N–H and O–H groups in total. The Labute approximate surface area is 139 Å². The highest BCUT2D eigenvalue weighted by atomic mass is 35.5. The van der Waals surface area contributed by atoms with Crippen molar-refractivity contribution in [3.05, 3.63) is 62.8 Å². The molecule has 24 heavy (non-hydrogen) atoms. The summed E-state index contributed by atoms with van der Waals surface area (Å²) in [5, 5.41) is 13.1. The van der Waals surface area contributed by atoms with E-state index in [1.165, 1.54) is 24.5 Å². The van der Waals surface area contributed by atoms with Gasteiger partial charge in [-0.3, -0.25) is 19.7 Å². The second-order valence-electron chi connectivity index (χ2n) is 4.75. The van der Waals surface area contributed by atoms with E-state index in [2.05, 4.69) is 15.3 Å². The number of carbonyl (C=O) groups is 2. The van der Waals surface area contributed by atoms with Gasteiger partial charge in [0.2, 0.25) is 11.6 Å². The molecule has 10 heteroatoms. The van der Waals surface area contributed by atoms with Crippen LogP contribution in [0.15, 0.2) is 41.3 Å². The van der Waals surface area contributed by atoms with Gasteiger partial charge in [-0.15, -0.1) is 0 Å². The molecule has 1 aromatic carbocycles. The van der Waals surface area contributed by atoms with Crippen LogP contribution in [0, 0.1) is 10.1 Å². The first kappa shape index (κ1) is 15.6. The number of fused-ring (bicyclic) bond motifs is 1. The molecular formula is C14H8ClN5O4. The number of allylic oxidation sites excluding steroid dienone is 2. The third-order valence-electron chi connectivity index (χ3n) is 3.28. The molecule has 0 aliphatic heterocycles. The average Bonchev–Trinajstić information content (AvgIpc) is 2.58. The zero-order valence-corrected chi connectivity index (χ0v) is 12.6. The van der Waals surface area contributed by atoms with Crippen LogP contribution < -0.4 is 11.1 Å². The maximum atomic E-state index is 12.5. The van der Waals surface area contributed by atoms with Crippen LogP contribution in [-0.4, -0.2) is 26.5 Å². The molecule has 0 amide bonds. The summed E-state index contributed by atoms with van der Waals surface area (Å²) in [6, 6.07) is 3.65. The first-order valence-electron chi connectivity index (χ1n) is 6.51. The van der Waals surface area contributed by atoms with Crippen molar-refractivity contribution in [2.75, 3.05) is 11.1 Å². The minimum atomic E-state index is -0.675. The van der Waals surface area contributed by atoms with Crippen LogP contribution in [0.3, 0.4) is 0 Å². The number of ketones is 2. The summed E-state index contributed by atoms with van der Waals surface area (Å²) >= 11 is 5.96. The number of benzene rings is 1. The van der Waals surface area contributed by atoms with Crippen LogP contribution >= 0.6 is 11.6 Å². The van der Waals surface area contributed by atoms with Gasteiger partial charge < -0.3 is 11.1 Å². The summed E-state index contributed by atoms with van der Waals surface area (Å²) in [6.45, 7) is 0. The molecule has 0 bridgehead atoms. The van der Waals surface area contributed by atoms with Gasteiger partial charge in [-0.05, 0) is 6.07 Å². The maximum Gasteiger partial charge on any atom is 0.271 e. The van der Waals surface area contributed by atoms with Gasteiger partial charge in [-0.1, -0.05) is 11.6 Å². The largest absolute Gasteiger partial charge is 0.397 e. The van der Waals surface area contributed by atoms with Crippen LogP contribution in [0.25, 0.3) is 0 Å². The lowest BCUT2D eigenvalue weighted by Crippen LogP contribution is -2.26. The van der Waals surface area contributed by atoms with E-state index in [0.717, 1.165) is 6.07 Å². The molecule has 1 aromatic heterocycles. The zero-order valence-electron chi connectivity index (χ0n) is 11.8. The van der Waals surface area contributed by atoms with Crippen molar-refractivity contribution in [3.8, 4) is 0 Å². The first-order valence-corrected chi connectivity index (χ1v) is 6.89. The summed E-state index contributed by atoms with van der Waals surface area (Å²) in [7, 11) is 0. The molecular weight excluding hydrogens is 338 g/mol. The standard InChI is InChI=1S/C14H8ClN5O4/c15-9-10(14(22)12-11(13(9)21)17-3-4-18-12)19-8-5-6(20(23)24)1-2-7(8)16/h1-5,19H,16H2. The molecule has 2 aromatic rings. The Hall–Kier alpha value is -3.33. The third kappa shape index (κ3) is 2.46. The normalized spacial score (nSPS) is 13.7. The first-order chi connectivity index (χ1) is 11.4. The van der Waals surface area contributed by atoms with Crippen molar-refractivity contribution in [1.29, 1.82) is 0 Å². The summed E-state index contributed by atoms with van der Waals surface area (Å²) in [4.78, 5) is 42.6. The van der Waals surface area contributed by atoms with E-state index in [1.54, 1.807) is 0 Å². The van der Waals surface area contributed by atoms with Crippen molar-refractivity contribution in [2.45, 2.75) is 0 Å². The molecule has 3 rings (SSSR count). The van der Waals surface area contributed by atoms with Gasteiger partial charge in [-0.2, -0.15) is 0 Å². The Balaban J connectivity index is 2.06. The number of nitrogen functional groups attached to an aromatic ring is 1. The molecule has 9 nitrogen and oxygen atoms in total. The quantitative estimate of drug-likeness (QED) is 0.488. The molecule has 120 valence electrons. The number of hydrogen-bond donors (Lipinski definition) is 2.